The number of nitrogens with zero attached hydrogens (tertiary/aromatic N) is 1. The SMILES string of the molecule is COCCCOCCN1CCNC(C2CCCCC2)C1. The molecule has 2 fully saturated rings. The summed E-state index contributed by atoms with van der Waals surface area (Å²) in [6.45, 7) is 7.10. The van der Waals surface area contributed by atoms with Crippen LogP contribution in [0.1, 0.15) is 38.5 Å². The molecule has 0 amide bonds. The molecule has 118 valence electrons. The Hall–Kier alpha value is -0.160. The van der Waals surface area contributed by atoms with Crippen LogP contribution in [0.2, 0.25) is 0 Å². The van der Waals surface area contributed by atoms with Gasteiger partial charge in [-0.2, -0.15) is 0 Å². The summed E-state index contributed by atoms with van der Waals surface area (Å²) in [6, 6.07) is 0.720. The summed E-state index contributed by atoms with van der Waals surface area (Å²) in [6.07, 6.45) is 8.18. The highest BCUT2D eigenvalue weighted by Gasteiger charge is 2.27. The van der Waals surface area contributed by atoms with E-state index in [9.17, 15) is 0 Å². The van der Waals surface area contributed by atoms with Crippen LogP contribution in [0.4, 0.5) is 0 Å². The molecule has 0 aromatic rings. The second-order valence-electron chi connectivity index (χ2n) is 6.22. The van der Waals surface area contributed by atoms with E-state index in [2.05, 4.69) is 10.2 Å². The van der Waals surface area contributed by atoms with Crippen LogP contribution in [0.5, 0.6) is 0 Å². The van der Waals surface area contributed by atoms with Gasteiger partial charge in [-0.3, -0.25) is 4.90 Å². The number of piperazine rings is 1. The molecule has 0 radical (unpaired) electrons. The summed E-state index contributed by atoms with van der Waals surface area (Å²) in [5.41, 5.74) is 0. The van der Waals surface area contributed by atoms with Crippen LogP contribution in [-0.2, 0) is 9.47 Å². The minimum Gasteiger partial charge on any atom is -0.385 e. The first-order chi connectivity index (χ1) is 9.90. The molecule has 2 rings (SSSR count). The van der Waals surface area contributed by atoms with Crippen molar-refractivity contribution in [2.75, 3.05) is 53.1 Å². The molecule has 0 aromatic carbocycles. The van der Waals surface area contributed by atoms with Crippen molar-refractivity contribution < 1.29 is 9.47 Å². The van der Waals surface area contributed by atoms with Crippen LogP contribution in [0, 0.1) is 5.92 Å². The molecular weight excluding hydrogens is 252 g/mol. The lowest BCUT2D eigenvalue weighted by Crippen LogP contribution is -2.54. The minimum absolute atomic E-state index is 0.720. The van der Waals surface area contributed by atoms with Crippen LogP contribution in [0.3, 0.4) is 0 Å². The largest absolute Gasteiger partial charge is 0.385 e. The van der Waals surface area contributed by atoms with Gasteiger partial charge in [0.05, 0.1) is 6.61 Å². The highest BCUT2D eigenvalue weighted by Crippen LogP contribution is 2.27. The predicted octanol–water partition coefficient (Wildman–Crippen LogP) is 1.89. The van der Waals surface area contributed by atoms with Gasteiger partial charge in [0.1, 0.15) is 0 Å². The molecule has 1 unspecified atom stereocenters. The Kier molecular flexibility index (Phi) is 7.88. The average Bonchev–Trinajstić information content (AvgIpc) is 2.52. The van der Waals surface area contributed by atoms with Gasteiger partial charge in [0, 0.05) is 52.5 Å². The summed E-state index contributed by atoms with van der Waals surface area (Å²) in [4.78, 5) is 2.58. The predicted molar refractivity (Wildman–Crippen MR) is 82.1 cm³/mol. The maximum atomic E-state index is 5.68. The van der Waals surface area contributed by atoms with E-state index in [1.54, 1.807) is 7.11 Å². The van der Waals surface area contributed by atoms with Crippen LogP contribution in [-0.4, -0.2) is 64.1 Å². The quantitative estimate of drug-likeness (QED) is 0.690. The molecule has 4 nitrogen and oxygen atoms in total. The summed E-state index contributed by atoms with van der Waals surface area (Å²) in [5.74, 6) is 0.911. The number of hydrogen-bond acceptors (Lipinski definition) is 4. The van der Waals surface area contributed by atoms with Gasteiger partial charge in [-0.1, -0.05) is 19.3 Å². The van der Waals surface area contributed by atoms with Gasteiger partial charge >= 0.3 is 0 Å². The second kappa shape index (κ2) is 9.72. The molecule has 0 spiro atoms. The van der Waals surface area contributed by atoms with E-state index in [1.807, 2.05) is 0 Å². The number of nitrogens with one attached hydrogen (secondary N) is 1. The van der Waals surface area contributed by atoms with E-state index in [4.69, 9.17) is 9.47 Å². The Labute approximate surface area is 124 Å². The zero-order valence-corrected chi connectivity index (χ0v) is 13.1. The lowest BCUT2D eigenvalue weighted by Gasteiger charge is -2.39. The number of ether oxygens (including phenoxy) is 2. The molecule has 0 aromatic heterocycles. The Morgan fingerprint density at radius 1 is 1.10 bits per heavy atom. The van der Waals surface area contributed by atoms with Crippen molar-refractivity contribution in [3.8, 4) is 0 Å². The molecule has 1 saturated carbocycles. The zero-order valence-electron chi connectivity index (χ0n) is 13.1. The smallest absolute Gasteiger partial charge is 0.0593 e. The van der Waals surface area contributed by atoms with Crippen molar-refractivity contribution in [1.82, 2.24) is 10.2 Å². The molecule has 1 aliphatic carbocycles. The molecule has 1 aliphatic heterocycles. The fourth-order valence-corrected chi connectivity index (χ4v) is 3.50. The number of methoxy groups -OCH3 is 1. The third kappa shape index (κ3) is 5.68. The molecule has 4 heteroatoms. The third-order valence-corrected chi connectivity index (χ3v) is 4.70. The van der Waals surface area contributed by atoms with Crippen molar-refractivity contribution in [1.29, 1.82) is 0 Å². The van der Waals surface area contributed by atoms with E-state index in [-0.39, 0.29) is 0 Å². The first-order valence-electron chi connectivity index (χ1n) is 8.42. The Balaban J connectivity index is 1.58. The fraction of sp³-hybridized carbons (Fsp3) is 1.00. The van der Waals surface area contributed by atoms with Gasteiger partial charge < -0.3 is 14.8 Å². The van der Waals surface area contributed by atoms with E-state index in [0.717, 1.165) is 51.3 Å². The molecule has 1 atom stereocenters. The summed E-state index contributed by atoms with van der Waals surface area (Å²) >= 11 is 0. The highest BCUT2D eigenvalue weighted by atomic mass is 16.5. The van der Waals surface area contributed by atoms with Crippen molar-refractivity contribution in [3.05, 3.63) is 0 Å². The minimum atomic E-state index is 0.720. The summed E-state index contributed by atoms with van der Waals surface area (Å²) in [5, 5.41) is 3.74. The van der Waals surface area contributed by atoms with Gasteiger partial charge in [0.25, 0.3) is 0 Å². The maximum Gasteiger partial charge on any atom is 0.0593 e. The van der Waals surface area contributed by atoms with Gasteiger partial charge in [0.2, 0.25) is 0 Å². The average molecular weight is 284 g/mol. The Bertz CT molecular complexity index is 245. The Morgan fingerprint density at radius 3 is 2.75 bits per heavy atom. The molecule has 20 heavy (non-hydrogen) atoms. The molecule has 2 aliphatic rings. The standard InChI is InChI=1S/C16H32N2O2/c1-19-11-5-12-20-13-10-18-9-8-17-16(14-18)15-6-3-2-4-7-15/h15-17H,2-14H2,1H3. The monoisotopic (exact) mass is 284 g/mol. The molecule has 0 bridgehead atoms. The third-order valence-electron chi connectivity index (χ3n) is 4.70. The zero-order chi connectivity index (χ0) is 14.0. The van der Waals surface area contributed by atoms with Crippen molar-refractivity contribution in [3.63, 3.8) is 0 Å². The lowest BCUT2D eigenvalue weighted by atomic mass is 9.83. The summed E-state index contributed by atoms with van der Waals surface area (Å²) < 4.78 is 10.7. The van der Waals surface area contributed by atoms with Crippen LogP contribution in [0.25, 0.3) is 0 Å². The van der Waals surface area contributed by atoms with Crippen molar-refractivity contribution in [2.24, 2.45) is 5.92 Å². The van der Waals surface area contributed by atoms with E-state index in [1.165, 1.54) is 45.2 Å². The first kappa shape index (κ1) is 16.2. The van der Waals surface area contributed by atoms with Crippen LogP contribution >= 0.6 is 0 Å². The van der Waals surface area contributed by atoms with Crippen molar-refractivity contribution >= 4 is 0 Å². The summed E-state index contributed by atoms with van der Waals surface area (Å²) in [7, 11) is 1.74. The number of rotatable bonds is 8. The Morgan fingerprint density at radius 2 is 1.95 bits per heavy atom. The van der Waals surface area contributed by atoms with Crippen LogP contribution < -0.4 is 5.32 Å². The maximum absolute atomic E-state index is 5.68. The first-order valence-corrected chi connectivity index (χ1v) is 8.42. The van der Waals surface area contributed by atoms with Gasteiger partial charge in [0.15, 0.2) is 0 Å². The molecule has 1 saturated heterocycles. The van der Waals surface area contributed by atoms with E-state index in [0.29, 0.717) is 0 Å². The molecule has 1 heterocycles. The fourth-order valence-electron chi connectivity index (χ4n) is 3.50. The number of hydrogen-bond donors (Lipinski definition) is 1. The lowest BCUT2D eigenvalue weighted by molar-refractivity contribution is 0.0690. The topological polar surface area (TPSA) is 33.7 Å². The van der Waals surface area contributed by atoms with Crippen molar-refractivity contribution in [2.45, 2.75) is 44.6 Å². The molecule has 1 N–H and O–H groups in total. The highest BCUT2D eigenvalue weighted by molar-refractivity contribution is 4.85. The van der Waals surface area contributed by atoms with E-state index >= 15 is 0 Å². The van der Waals surface area contributed by atoms with Gasteiger partial charge in [-0.25, -0.2) is 0 Å². The van der Waals surface area contributed by atoms with Gasteiger partial charge in [-0.05, 0) is 25.2 Å². The second-order valence-corrected chi connectivity index (χ2v) is 6.22. The van der Waals surface area contributed by atoms with Gasteiger partial charge in [-0.15, -0.1) is 0 Å². The normalized spacial score (nSPS) is 25.9. The van der Waals surface area contributed by atoms with E-state index < -0.39 is 0 Å². The van der Waals surface area contributed by atoms with Crippen LogP contribution in [0.15, 0.2) is 0 Å². The molecular formula is C16H32N2O2.